The van der Waals surface area contributed by atoms with E-state index in [2.05, 4.69) is 17.4 Å². The summed E-state index contributed by atoms with van der Waals surface area (Å²) < 4.78 is 11.9. The lowest BCUT2D eigenvalue weighted by molar-refractivity contribution is 0.680. The summed E-state index contributed by atoms with van der Waals surface area (Å²) in [6, 6.07) is 6.30. The Labute approximate surface area is 93.5 Å². The van der Waals surface area contributed by atoms with Gasteiger partial charge in [-0.25, -0.2) is 0 Å². The highest BCUT2D eigenvalue weighted by molar-refractivity contribution is 7.85. The van der Waals surface area contributed by atoms with Gasteiger partial charge in [0.25, 0.3) is 0 Å². The second-order valence-electron chi connectivity index (χ2n) is 3.94. The minimum atomic E-state index is -0.838. The van der Waals surface area contributed by atoms with Gasteiger partial charge in [0.15, 0.2) is 0 Å². The van der Waals surface area contributed by atoms with E-state index in [1.54, 1.807) is 0 Å². The summed E-state index contributed by atoms with van der Waals surface area (Å²) in [5.74, 6) is 0.704. The fraction of sp³-hybridized carbons (Fsp3) is 0.500. The standard InChI is InChI=1S/C12H17NOS/c1-13-7-8-15(14)12-6-5-10-3-2-4-11(10)9-12/h5-6,9,13H,2-4,7-8H2,1H3. The van der Waals surface area contributed by atoms with Gasteiger partial charge < -0.3 is 5.32 Å². The van der Waals surface area contributed by atoms with Gasteiger partial charge >= 0.3 is 0 Å². The SMILES string of the molecule is CNCCS(=O)c1ccc2c(c1)CCC2. The molecule has 0 bridgehead atoms. The van der Waals surface area contributed by atoms with Crippen LogP contribution in [0.4, 0.5) is 0 Å². The fourth-order valence-corrected chi connectivity index (χ4v) is 3.12. The molecule has 0 saturated heterocycles. The molecule has 2 rings (SSSR count). The Morgan fingerprint density at radius 3 is 2.93 bits per heavy atom. The lowest BCUT2D eigenvalue weighted by atomic mass is 10.1. The molecule has 15 heavy (non-hydrogen) atoms. The molecule has 1 unspecified atom stereocenters. The van der Waals surface area contributed by atoms with Gasteiger partial charge in [-0.05, 0) is 49.6 Å². The van der Waals surface area contributed by atoms with Gasteiger partial charge in [0.05, 0.1) is 10.8 Å². The monoisotopic (exact) mass is 223 g/mol. The Hall–Kier alpha value is -0.670. The van der Waals surface area contributed by atoms with Crippen molar-refractivity contribution in [2.75, 3.05) is 19.3 Å². The Bertz CT molecular complexity index is 376. The Morgan fingerprint density at radius 1 is 1.33 bits per heavy atom. The van der Waals surface area contributed by atoms with Gasteiger partial charge in [0, 0.05) is 17.2 Å². The van der Waals surface area contributed by atoms with Crippen LogP contribution in [-0.4, -0.2) is 23.6 Å². The van der Waals surface area contributed by atoms with E-state index in [0.717, 1.165) is 17.9 Å². The molecule has 0 heterocycles. The van der Waals surface area contributed by atoms with Crippen LogP contribution in [0.2, 0.25) is 0 Å². The van der Waals surface area contributed by atoms with E-state index in [4.69, 9.17) is 0 Å². The van der Waals surface area contributed by atoms with Gasteiger partial charge in [-0.15, -0.1) is 0 Å². The largest absolute Gasteiger partial charge is 0.319 e. The average Bonchev–Trinajstić information content (AvgIpc) is 2.72. The molecular weight excluding hydrogens is 206 g/mol. The molecule has 1 aromatic carbocycles. The van der Waals surface area contributed by atoms with Crippen LogP contribution in [-0.2, 0) is 23.6 Å². The molecule has 1 aliphatic carbocycles. The quantitative estimate of drug-likeness (QED) is 0.838. The minimum absolute atomic E-state index is 0.704. The molecule has 0 radical (unpaired) electrons. The van der Waals surface area contributed by atoms with Crippen LogP contribution in [0, 0.1) is 0 Å². The third-order valence-corrected chi connectivity index (χ3v) is 4.22. The third-order valence-electron chi connectivity index (χ3n) is 2.87. The predicted molar refractivity (Wildman–Crippen MR) is 63.7 cm³/mol. The number of benzene rings is 1. The summed E-state index contributed by atoms with van der Waals surface area (Å²) in [5.41, 5.74) is 2.86. The van der Waals surface area contributed by atoms with E-state index in [1.807, 2.05) is 13.1 Å². The predicted octanol–water partition coefficient (Wildman–Crippen LogP) is 1.50. The molecule has 1 aliphatic rings. The van der Waals surface area contributed by atoms with Crippen molar-refractivity contribution in [2.24, 2.45) is 0 Å². The molecule has 3 heteroatoms. The highest BCUT2D eigenvalue weighted by Gasteiger charge is 2.12. The van der Waals surface area contributed by atoms with E-state index in [1.165, 1.54) is 24.0 Å². The van der Waals surface area contributed by atoms with Crippen LogP contribution >= 0.6 is 0 Å². The third kappa shape index (κ3) is 2.47. The van der Waals surface area contributed by atoms with Gasteiger partial charge in [-0.2, -0.15) is 0 Å². The van der Waals surface area contributed by atoms with Crippen molar-refractivity contribution < 1.29 is 4.21 Å². The highest BCUT2D eigenvalue weighted by Crippen LogP contribution is 2.24. The number of hydrogen-bond donors (Lipinski definition) is 1. The second-order valence-corrected chi connectivity index (χ2v) is 5.51. The zero-order valence-electron chi connectivity index (χ0n) is 9.08. The summed E-state index contributed by atoms with van der Waals surface area (Å²) in [4.78, 5) is 0.992. The second kappa shape index (κ2) is 4.90. The number of rotatable bonds is 4. The average molecular weight is 223 g/mol. The van der Waals surface area contributed by atoms with Gasteiger partial charge in [0.2, 0.25) is 0 Å². The van der Waals surface area contributed by atoms with Crippen LogP contribution in [0.25, 0.3) is 0 Å². The molecule has 0 aliphatic heterocycles. The number of hydrogen-bond acceptors (Lipinski definition) is 2. The first kappa shape index (κ1) is 10.8. The summed E-state index contributed by atoms with van der Waals surface area (Å²) in [7, 11) is 1.05. The fourth-order valence-electron chi connectivity index (χ4n) is 2.00. The maximum atomic E-state index is 11.9. The van der Waals surface area contributed by atoms with Crippen molar-refractivity contribution in [3.63, 3.8) is 0 Å². The molecule has 1 N–H and O–H groups in total. The van der Waals surface area contributed by atoms with E-state index in [9.17, 15) is 4.21 Å². The van der Waals surface area contributed by atoms with E-state index < -0.39 is 10.8 Å². The zero-order chi connectivity index (χ0) is 10.7. The first-order valence-corrected chi connectivity index (χ1v) is 6.78. The van der Waals surface area contributed by atoms with Crippen molar-refractivity contribution >= 4 is 10.8 Å². The number of fused-ring (bicyclic) bond motifs is 1. The topological polar surface area (TPSA) is 29.1 Å². The Balaban J connectivity index is 2.12. The summed E-state index contributed by atoms with van der Waals surface area (Å²) in [6.07, 6.45) is 3.60. The maximum Gasteiger partial charge on any atom is 0.0542 e. The van der Waals surface area contributed by atoms with Crippen molar-refractivity contribution in [3.8, 4) is 0 Å². The summed E-state index contributed by atoms with van der Waals surface area (Å²) in [6.45, 7) is 0.809. The van der Waals surface area contributed by atoms with Crippen molar-refractivity contribution in [3.05, 3.63) is 29.3 Å². The molecule has 1 atom stereocenters. The Kier molecular flexibility index (Phi) is 3.54. The van der Waals surface area contributed by atoms with Crippen LogP contribution in [0.5, 0.6) is 0 Å². The first-order chi connectivity index (χ1) is 7.31. The van der Waals surface area contributed by atoms with Crippen molar-refractivity contribution in [1.82, 2.24) is 5.32 Å². The van der Waals surface area contributed by atoms with Crippen LogP contribution in [0.15, 0.2) is 23.1 Å². The van der Waals surface area contributed by atoms with E-state index >= 15 is 0 Å². The van der Waals surface area contributed by atoms with Gasteiger partial charge in [-0.3, -0.25) is 4.21 Å². The van der Waals surface area contributed by atoms with Crippen LogP contribution < -0.4 is 5.32 Å². The molecule has 0 spiro atoms. The molecule has 0 amide bonds. The summed E-state index contributed by atoms with van der Waals surface area (Å²) >= 11 is 0. The van der Waals surface area contributed by atoms with Crippen LogP contribution in [0.1, 0.15) is 17.5 Å². The maximum absolute atomic E-state index is 11.9. The Morgan fingerprint density at radius 2 is 2.13 bits per heavy atom. The first-order valence-electron chi connectivity index (χ1n) is 5.46. The number of nitrogens with one attached hydrogen (secondary N) is 1. The van der Waals surface area contributed by atoms with E-state index in [0.29, 0.717) is 5.75 Å². The molecule has 0 aromatic heterocycles. The van der Waals surface area contributed by atoms with E-state index in [-0.39, 0.29) is 0 Å². The molecule has 2 nitrogen and oxygen atoms in total. The molecular formula is C12H17NOS. The van der Waals surface area contributed by atoms with Crippen molar-refractivity contribution in [2.45, 2.75) is 24.2 Å². The van der Waals surface area contributed by atoms with Crippen LogP contribution in [0.3, 0.4) is 0 Å². The minimum Gasteiger partial charge on any atom is -0.319 e. The van der Waals surface area contributed by atoms with Crippen molar-refractivity contribution in [1.29, 1.82) is 0 Å². The number of aryl methyl sites for hydroxylation is 2. The highest BCUT2D eigenvalue weighted by atomic mass is 32.2. The summed E-state index contributed by atoms with van der Waals surface area (Å²) in [5, 5.41) is 3.03. The molecule has 0 saturated carbocycles. The smallest absolute Gasteiger partial charge is 0.0542 e. The lowest BCUT2D eigenvalue weighted by Crippen LogP contribution is -2.15. The normalized spacial score (nSPS) is 16.3. The zero-order valence-corrected chi connectivity index (χ0v) is 9.90. The van der Waals surface area contributed by atoms with Gasteiger partial charge in [-0.1, -0.05) is 6.07 Å². The molecule has 0 fully saturated rings. The molecule has 82 valence electrons. The van der Waals surface area contributed by atoms with Gasteiger partial charge in [0.1, 0.15) is 0 Å². The molecule has 1 aromatic rings. The lowest BCUT2D eigenvalue weighted by Gasteiger charge is -2.04.